The third kappa shape index (κ3) is 4.93. The Morgan fingerprint density at radius 1 is 1.57 bits per heavy atom. The summed E-state index contributed by atoms with van der Waals surface area (Å²) in [5.41, 5.74) is 1.30. The summed E-state index contributed by atoms with van der Waals surface area (Å²) in [6, 6.07) is 0. The lowest BCUT2D eigenvalue weighted by Gasteiger charge is -2.20. The summed E-state index contributed by atoms with van der Waals surface area (Å²) in [6.07, 6.45) is 10.0. The van der Waals surface area contributed by atoms with Gasteiger partial charge >= 0.3 is 5.97 Å². The number of ether oxygens (including phenoxy) is 1. The zero-order valence-corrected chi connectivity index (χ0v) is 12.5. The van der Waals surface area contributed by atoms with Crippen LogP contribution in [-0.2, 0) is 9.53 Å². The first-order valence-electron chi connectivity index (χ1n) is 7.55. The number of hydrogen-bond donors (Lipinski definition) is 2. The fourth-order valence-corrected chi connectivity index (χ4v) is 2.73. The van der Waals surface area contributed by atoms with Crippen molar-refractivity contribution in [2.75, 3.05) is 32.8 Å². The van der Waals surface area contributed by atoms with E-state index in [4.69, 9.17) is 9.84 Å². The fraction of sp³-hybridized carbons (Fsp3) is 0.562. The van der Waals surface area contributed by atoms with E-state index >= 15 is 0 Å². The third-order valence-electron chi connectivity index (χ3n) is 3.75. The molecule has 5 heteroatoms. The molecule has 0 aromatic carbocycles. The molecular formula is C16H24N2O3. The van der Waals surface area contributed by atoms with E-state index in [1.165, 1.54) is 5.57 Å². The average molecular weight is 292 g/mol. The average Bonchev–Trinajstić information content (AvgIpc) is 2.97. The van der Waals surface area contributed by atoms with Crippen molar-refractivity contribution in [1.29, 1.82) is 0 Å². The van der Waals surface area contributed by atoms with Crippen LogP contribution >= 0.6 is 0 Å². The number of carboxylic acid groups (broad SMARTS) is 1. The Balaban J connectivity index is 2.16. The van der Waals surface area contributed by atoms with Crippen LogP contribution in [0.1, 0.15) is 19.8 Å². The highest BCUT2D eigenvalue weighted by atomic mass is 16.5. The molecule has 0 amide bonds. The molecule has 21 heavy (non-hydrogen) atoms. The molecule has 2 heterocycles. The minimum Gasteiger partial charge on any atom is -0.494 e. The number of nitrogens with zero attached hydrogens (tertiary/aromatic N) is 1. The van der Waals surface area contributed by atoms with E-state index in [0.717, 1.165) is 31.7 Å². The highest BCUT2D eigenvalue weighted by Crippen LogP contribution is 2.23. The second-order valence-corrected chi connectivity index (χ2v) is 5.36. The van der Waals surface area contributed by atoms with E-state index < -0.39 is 5.97 Å². The molecule has 0 saturated carbocycles. The van der Waals surface area contributed by atoms with Crippen LogP contribution in [0.15, 0.2) is 35.8 Å². The number of carboxylic acids is 1. The molecule has 1 saturated heterocycles. The molecule has 1 unspecified atom stereocenters. The summed E-state index contributed by atoms with van der Waals surface area (Å²) in [5.74, 6) is 0.500. The number of hydrogen-bond acceptors (Lipinski definition) is 4. The largest absolute Gasteiger partial charge is 0.494 e. The predicted molar refractivity (Wildman–Crippen MR) is 81.7 cm³/mol. The lowest BCUT2D eigenvalue weighted by Crippen LogP contribution is -2.26. The Hall–Kier alpha value is -1.75. The molecule has 2 aliphatic heterocycles. The van der Waals surface area contributed by atoms with Gasteiger partial charge in [0.2, 0.25) is 0 Å². The Labute approximate surface area is 126 Å². The summed E-state index contributed by atoms with van der Waals surface area (Å²) in [7, 11) is 0. The van der Waals surface area contributed by atoms with Crippen LogP contribution in [-0.4, -0.2) is 48.8 Å². The van der Waals surface area contributed by atoms with Gasteiger partial charge in [-0.05, 0) is 56.2 Å². The van der Waals surface area contributed by atoms with Crippen LogP contribution < -0.4 is 5.32 Å². The molecule has 0 bridgehead atoms. The Morgan fingerprint density at radius 2 is 2.43 bits per heavy atom. The lowest BCUT2D eigenvalue weighted by molar-refractivity contribution is -0.137. The zero-order chi connectivity index (χ0) is 15.1. The van der Waals surface area contributed by atoms with E-state index in [1.807, 2.05) is 30.2 Å². The van der Waals surface area contributed by atoms with Gasteiger partial charge in [0.15, 0.2) is 0 Å². The van der Waals surface area contributed by atoms with E-state index in [1.54, 1.807) is 0 Å². The summed E-state index contributed by atoms with van der Waals surface area (Å²) in [4.78, 5) is 12.9. The molecule has 0 aliphatic carbocycles. The van der Waals surface area contributed by atoms with Gasteiger partial charge in [-0.3, -0.25) is 4.79 Å². The van der Waals surface area contributed by atoms with E-state index in [2.05, 4.69) is 11.4 Å². The van der Waals surface area contributed by atoms with E-state index in [0.29, 0.717) is 19.1 Å². The fourth-order valence-electron chi connectivity index (χ4n) is 2.73. The number of carbonyl (C=O) groups is 1. The Bertz CT molecular complexity index is 448. The number of nitrogens with one attached hydrogen (secondary N) is 1. The van der Waals surface area contributed by atoms with Crippen LogP contribution in [0, 0.1) is 5.92 Å². The summed E-state index contributed by atoms with van der Waals surface area (Å²) >= 11 is 0. The second kappa shape index (κ2) is 7.88. The van der Waals surface area contributed by atoms with Crippen LogP contribution in [0.4, 0.5) is 0 Å². The quantitative estimate of drug-likeness (QED) is 0.808. The molecule has 116 valence electrons. The molecule has 2 rings (SSSR count). The molecule has 1 atom stereocenters. The number of allylic oxidation sites excluding steroid dienone is 2. The maximum Gasteiger partial charge on any atom is 0.323 e. The minimum absolute atomic E-state index is 0.0134. The second-order valence-electron chi connectivity index (χ2n) is 5.36. The molecule has 1 fully saturated rings. The molecule has 2 N–H and O–H groups in total. The standard InChI is InChI=1S/C16H24N2O3/c1-2-21-15-5-3-4-14(13-6-8-17-10-13)11-18(9-7-15)12-16(19)20/h3,5,7,11,13,17H,2,4,6,8-10,12H2,1H3,(H,19,20)/b5-3-,14-11+,15-7+. The van der Waals surface area contributed by atoms with Gasteiger partial charge in [0.05, 0.1) is 6.61 Å². The first-order chi connectivity index (χ1) is 10.2. The van der Waals surface area contributed by atoms with Gasteiger partial charge in [0, 0.05) is 13.1 Å². The number of aliphatic carboxylic acids is 1. The van der Waals surface area contributed by atoms with E-state index in [9.17, 15) is 4.79 Å². The van der Waals surface area contributed by atoms with Gasteiger partial charge in [-0.2, -0.15) is 0 Å². The van der Waals surface area contributed by atoms with Gasteiger partial charge in [0.1, 0.15) is 12.3 Å². The molecule has 0 radical (unpaired) electrons. The van der Waals surface area contributed by atoms with Crippen molar-refractivity contribution in [1.82, 2.24) is 10.2 Å². The highest BCUT2D eigenvalue weighted by molar-refractivity contribution is 5.69. The predicted octanol–water partition coefficient (Wildman–Crippen LogP) is 1.75. The third-order valence-corrected chi connectivity index (χ3v) is 3.75. The molecule has 0 aromatic rings. The minimum atomic E-state index is -0.811. The smallest absolute Gasteiger partial charge is 0.323 e. The number of rotatable bonds is 5. The maximum atomic E-state index is 11.0. The van der Waals surface area contributed by atoms with Crippen molar-refractivity contribution in [3.05, 3.63) is 35.8 Å². The highest BCUT2D eigenvalue weighted by Gasteiger charge is 2.20. The summed E-state index contributed by atoms with van der Waals surface area (Å²) < 4.78 is 5.55. The monoisotopic (exact) mass is 292 g/mol. The van der Waals surface area contributed by atoms with Gasteiger partial charge < -0.3 is 20.1 Å². The topological polar surface area (TPSA) is 61.8 Å². The normalized spacial score (nSPS) is 29.4. The van der Waals surface area contributed by atoms with Gasteiger partial charge in [-0.1, -0.05) is 6.08 Å². The van der Waals surface area contributed by atoms with Crippen molar-refractivity contribution >= 4 is 5.97 Å². The zero-order valence-electron chi connectivity index (χ0n) is 12.5. The molecule has 5 nitrogen and oxygen atoms in total. The van der Waals surface area contributed by atoms with Crippen molar-refractivity contribution in [2.45, 2.75) is 19.8 Å². The molecule has 0 aromatic heterocycles. The summed E-state index contributed by atoms with van der Waals surface area (Å²) in [5, 5.41) is 12.4. The first kappa shape index (κ1) is 15.6. The van der Waals surface area contributed by atoms with Gasteiger partial charge in [-0.15, -0.1) is 0 Å². The Morgan fingerprint density at radius 3 is 3.10 bits per heavy atom. The van der Waals surface area contributed by atoms with Crippen LogP contribution in [0.3, 0.4) is 0 Å². The molecule has 0 spiro atoms. The van der Waals surface area contributed by atoms with Crippen molar-refractivity contribution in [3.8, 4) is 0 Å². The summed E-state index contributed by atoms with van der Waals surface area (Å²) in [6.45, 7) is 5.14. The molecular weight excluding hydrogens is 268 g/mol. The maximum absolute atomic E-state index is 11.0. The SMILES string of the molecule is CCOC1=C/CN(CC(=O)O)/C=C(/C2CCNC2)C/C=C\1. The van der Waals surface area contributed by atoms with Crippen molar-refractivity contribution < 1.29 is 14.6 Å². The van der Waals surface area contributed by atoms with Crippen molar-refractivity contribution in [3.63, 3.8) is 0 Å². The van der Waals surface area contributed by atoms with Gasteiger partial charge in [-0.25, -0.2) is 0 Å². The van der Waals surface area contributed by atoms with Crippen molar-refractivity contribution in [2.24, 2.45) is 5.92 Å². The van der Waals surface area contributed by atoms with Crippen LogP contribution in [0.25, 0.3) is 0 Å². The lowest BCUT2D eigenvalue weighted by atomic mass is 9.96. The van der Waals surface area contributed by atoms with Crippen LogP contribution in [0.5, 0.6) is 0 Å². The van der Waals surface area contributed by atoms with Crippen LogP contribution in [0.2, 0.25) is 0 Å². The van der Waals surface area contributed by atoms with Gasteiger partial charge in [0.25, 0.3) is 0 Å². The molecule has 2 aliphatic rings. The Kier molecular flexibility index (Phi) is 5.87. The van der Waals surface area contributed by atoms with E-state index in [-0.39, 0.29) is 6.54 Å². The first-order valence-corrected chi connectivity index (χ1v) is 7.55.